The molecule has 1 aromatic rings. The summed E-state index contributed by atoms with van der Waals surface area (Å²) in [5.41, 5.74) is 2.52. The number of rotatable bonds is 4. The number of hydroxylamine groups is 1. The SMILES string of the molecule is CCOc1ccccc1N=CNO. The molecule has 0 fully saturated rings. The third-order valence-corrected chi connectivity index (χ3v) is 1.43. The van der Waals surface area contributed by atoms with Crippen molar-refractivity contribution in [2.24, 2.45) is 4.99 Å². The summed E-state index contributed by atoms with van der Waals surface area (Å²) in [6.07, 6.45) is 1.19. The van der Waals surface area contributed by atoms with Crippen molar-refractivity contribution >= 4 is 12.0 Å². The fourth-order valence-electron chi connectivity index (χ4n) is 0.940. The van der Waals surface area contributed by atoms with Gasteiger partial charge in [-0.15, -0.1) is 0 Å². The van der Waals surface area contributed by atoms with E-state index < -0.39 is 0 Å². The highest BCUT2D eigenvalue weighted by atomic mass is 16.5. The van der Waals surface area contributed by atoms with Gasteiger partial charge in [0.1, 0.15) is 17.8 Å². The Morgan fingerprint density at radius 1 is 1.54 bits per heavy atom. The largest absolute Gasteiger partial charge is 0.492 e. The zero-order valence-electron chi connectivity index (χ0n) is 7.40. The second kappa shape index (κ2) is 5.16. The number of para-hydroxylation sites is 2. The standard InChI is InChI=1S/C9H12N2O2/c1-2-13-9-6-4-3-5-8(9)10-7-11-12/h3-7,12H,2H2,1H3,(H,10,11). The van der Waals surface area contributed by atoms with E-state index >= 15 is 0 Å². The van der Waals surface area contributed by atoms with Crippen LogP contribution in [-0.4, -0.2) is 18.2 Å². The van der Waals surface area contributed by atoms with Gasteiger partial charge in [-0.25, -0.2) is 4.99 Å². The molecule has 0 saturated carbocycles. The van der Waals surface area contributed by atoms with Crippen molar-refractivity contribution < 1.29 is 9.94 Å². The first kappa shape index (κ1) is 9.54. The van der Waals surface area contributed by atoms with Crippen LogP contribution in [0.4, 0.5) is 5.69 Å². The molecule has 1 aromatic carbocycles. The van der Waals surface area contributed by atoms with Crippen molar-refractivity contribution in [1.29, 1.82) is 0 Å². The van der Waals surface area contributed by atoms with Crippen LogP contribution in [0.25, 0.3) is 0 Å². The maximum absolute atomic E-state index is 8.31. The van der Waals surface area contributed by atoms with E-state index in [1.54, 1.807) is 6.07 Å². The van der Waals surface area contributed by atoms with Crippen LogP contribution in [0.3, 0.4) is 0 Å². The summed E-state index contributed by atoms with van der Waals surface area (Å²) in [7, 11) is 0. The summed E-state index contributed by atoms with van der Waals surface area (Å²) in [6, 6.07) is 7.36. The smallest absolute Gasteiger partial charge is 0.144 e. The molecule has 0 amide bonds. The molecule has 0 aromatic heterocycles. The maximum atomic E-state index is 8.31. The fourth-order valence-corrected chi connectivity index (χ4v) is 0.940. The van der Waals surface area contributed by atoms with E-state index in [-0.39, 0.29) is 0 Å². The van der Waals surface area contributed by atoms with E-state index in [2.05, 4.69) is 4.99 Å². The molecule has 0 aliphatic rings. The summed E-state index contributed by atoms with van der Waals surface area (Å²) >= 11 is 0. The molecule has 0 saturated heterocycles. The monoisotopic (exact) mass is 180 g/mol. The lowest BCUT2D eigenvalue weighted by molar-refractivity contribution is 0.240. The van der Waals surface area contributed by atoms with Crippen LogP contribution in [0.5, 0.6) is 5.75 Å². The molecule has 1 rings (SSSR count). The Labute approximate surface area is 76.8 Å². The highest BCUT2D eigenvalue weighted by Crippen LogP contribution is 2.25. The minimum atomic E-state index is 0.596. The lowest BCUT2D eigenvalue weighted by Crippen LogP contribution is -2.01. The number of benzene rings is 1. The highest BCUT2D eigenvalue weighted by molar-refractivity contribution is 5.63. The van der Waals surface area contributed by atoms with Gasteiger partial charge in [0.05, 0.1) is 6.61 Å². The molecule has 0 unspecified atom stereocenters. The van der Waals surface area contributed by atoms with Crippen LogP contribution >= 0.6 is 0 Å². The van der Waals surface area contributed by atoms with Crippen LogP contribution in [0.2, 0.25) is 0 Å². The van der Waals surface area contributed by atoms with Gasteiger partial charge in [0.2, 0.25) is 0 Å². The van der Waals surface area contributed by atoms with E-state index in [1.807, 2.05) is 30.6 Å². The van der Waals surface area contributed by atoms with Crippen molar-refractivity contribution in [1.82, 2.24) is 5.48 Å². The summed E-state index contributed by atoms with van der Waals surface area (Å²) in [5, 5.41) is 8.31. The van der Waals surface area contributed by atoms with Crippen molar-refractivity contribution in [2.75, 3.05) is 6.61 Å². The Kier molecular flexibility index (Phi) is 3.78. The number of aliphatic imine (C=N–C) groups is 1. The number of nitrogens with one attached hydrogen (secondary N) is 1. The second-order valence-electron chi connectivity index (χ2n) is 2.29. The second-order valence-corrected chi connectivity index (χ2v) is 2.29. The van der Waals surface area contributed by atoms with Crippen LogP contribution in [0.1, 0.15) is 6.92 Å². The van der Waals surface area contributed by atoms with Gasteiger partial charge in [0.25, 0.3) is 0 Å². The number of hydrogen-bond acceptors (Lipinski definition) is 3. The van der Waals surface area contributed by atoms with Crippen LogP contribution in [0.15, 0.2) is 29.3 Å². The molecule has 4 nitrogen and oxygen atoms in total. The summed E-state index contributed by atoms with van der Waals surface area (Å²) in [6.45, 7) is 2.50. The first-order valence-electron chi connectivity index (χ1n) is 4.02. The van der Waals surface area contributed by atoms with Gasteiger partial charge in [-0.2, -0.15) is 0 Å². The lowest BCUT2D eigenvalue weighted by Gasteiger charge is -2.04. The topological polar surface area (TPSA) is 53.8 Å². The first-order chi connectivity index (χ1) is 6.38. The van der Waals surface area contributed by atoms with Gasteiger partial charge in [0.15, 0.2) is 0 Å². The van der Waals surface area contributed by atoms with E-state index in [1.165, 1.54) is 6.34 Å². The van der Waals surface area contributed by atoms with Crippen molar-refractivity contribution in [3.63, 3.8) is 0 Å². The molecule has 0 aliphatic heterocycles. The van der Waals surface area contributed by atoms with E-state index in [0.717, 1.165) is 0 Å². The average Bonchev–Trinajstić information content (AvgIpc) is 2.17. The number of nitrogens with zero attached hydrogens (tertiary/aromatic N) is 1. The van der Waals surface area contributed by atoms with Gasteiger partial charge >= 0.3 is 0 Å². The molecule has 0 atom stereocenters. The fraction of sp³-hybridized carbons (Fsp3) is 0.222. The summed E-state index contributed by atoms with van der Waals surface area (Å²) < 4.78 is 5.31. The molecular weight excluding hydrogens is 168 g/mol. The third kappa shape index (κ3) is 2.76. The number of ether oxygens (including phenoxy) is 1. The van der Waals surface area contributed by atoms with Crippen LogP contribution in [-0.2, 0) is 0 Å². The minimum Gasteiger partial charge on any atom is -0.492 e. The Morgan fingerprint density at radius 2 is 2.31 bits per heavy atom. The molecule has 0 bridgehead atoms. The highest BCUT2D eigenvalue weighted by Gasteiger charge is 1.97. The zero-order valence-corrected chi connectivity index (χ0v) is 7.40. The molecule has 0 radical (unpaired) electrons. The van der Waals surface area contributed by atoms with Crippen LogP contribution in [0, 0.1) is 0 Å². The molecule has 4 heteroatoms. The van der Waals surface area contributed by atoms with Crippen molar-refractivity contribution in [3.8, 4) is 5.75 Å². The zero-order chi connectivity index (χ0) is 9.52. The van der Waals surface area contributed by atoms with Crippen molar-refractivity contribution in [3.05, 3.63) is 24.3 Å². The van der Waals surface area contributed by atoms with Gasteiger partial charge in [-0.05, 0) is 19.1 Å². The average molecular weight is 180 g/mol. The van der Waals surface area contributed by atoms with E-state index in [4.69, 9.17) is 9.94 Å². The molecule has 0 heterocycles. The Balaban J connectivity index is 2.84. The predicted octanol–water partition coefficient (Wildman–Crippen LogP) is 1.72. The van der Waals surface area contributed by atoms with Crippen LogP contribution < -0.4 is 10.2 Å². The van der Waals surface area contributed by atoms with Gasteiger partial charge in [-0.3, -0.25) is 10.7 Å². The van der Waals surface area contributed by atoms with Crippen molar-refractivity contribution in [2.45, 2.75) is 6.92 Å². The predicted molar refractivity (Wildman–Crippen MR) is 50.7 cm³/mol. The quantitative estimate of drug-likeness (QED) is 0.421. The minimum absolute atomic E-state index is 0.596. The first-order valence-corrected chi connectivity index (χ1v) is 4.02. The Morgan fingerprint density at radius 3 is 3.00 bits per heavy atom. The Bertz CT molecular complexity index is 287. The Hall–Kier alpha value is -1.55. The maximum Gasteiger partial charge on any atom is 0.144 e. The summed E-state index contributed by atoms with van der Waals surface area (Å²) in [4.78, 5) is 3.93. The van der Waals surface area contributed by atoms with Gasteiger partial charge in [0, 0.05) is 0 Å². The molecule has 13 heavy (non-hydrogen) atoms. The van der Waals surface area contributed by atoms with E-state index in [9.17, 15) is 0 Å². The molecular formula is C9H12N2O2. The molecule has 70 valence electrons. The summed E-state index contributed by atoms with van der Waals surface area (Å²) in [5.74, 6) is 0.705. The number of hydrogen-bond donors (Lipinski definition) is 2. The lowest BCUT2D eigenvalue weighted by atomic mass is 10.3. The van der Waals surface area contributed by atoms with E-state index in [0.29, 0.717) is 18.0 Å². The molecule has 0 aliphatic carbocycles. The third-order valence-electron chi connectivity index (χ3n) is 1.43. The normalized spacial score (nSPS) is 10.3. The van der Waals surface area contributed by atoms with Gasteiger partial charge < -0.3 is 4.74 Å². The molecule has 0 spiro atoms. The molecule has 2 N–H and O–H groups in total. The van der Waals surface area contributed by atoms with Gasteiger partial charge in [-0.1, -0.05) is 12.1 Å².